The third-order valence-electron chi connectivity index (χ3n) is 7.48. The fourth-order valence-electron chi connectivity index (χ4n) is 5.38. The first-order valence-electron chi connectivity index (χ1n) is 14.1. The van der Waals surface area contributed by atoms with Gasteiger partial charge < -0.3 is 28.4 Å². The van der Waals surface area contributed by atoms with Crippen molar-refractivity contribution in [3.05, 3.63) is 102 Å². The van der Waals surface area contributed by atoms with E-state index in [0.29, 0.717) is 33.0 Å². The molecule has 214 valence electrons. The normalized spacial score (nSPS) is 26.6. The highest BCUT2D eigenvalue weighted by Crippen LogP contribution is 2.44. The van der Waals surface area contributed by atoms with Gasteiger partial charge in [-0.25, -0.2) is 0 Å². The van der Waals surface area contributed by atoms with Crippen LogP contribution in [0.2, 0.25) is 0 Å². The van der Waals surface area contributed by atoms with Gasteiger partial charge in [-0.05, 0) is 41.7 Å². The second-order valence-corrected chi connectivity index (χ2v) is 11.9. The van der Waals surface area contributed by atoms with Crippen LogP contribution in [0.15, 0.2) is 84.9 Å². The van der Waals surface area contributed by atoms with Crippen LogP contribution >= 0.6 is 22.6 Å². The van der Waals surface area contributed by atoms with Crippen LogP contribution in [-0.2, 0) is 43.5 Å². The molecule has 0 saturated carbocycles. The molecule has 40 heavy (non-hydrogen) atoms. The molecule has 3 aromatic carbocycles. The first-order valence-corrected chi connectivity index (χ1v) is 15.4. The van der Waals surface area contributed by atoms with Gasteiger partial charge in [-0.2, -0.15) is 0 Å². The Morgan fingerprint density at radius 3 is 1.98 bits per heavy atom. The molecule has 2 aliphatic rings. The van der Waals surface area contributed by atoms with Gasteiger partial charge >= 0.3 is 0 Å². The number of halogens is 1. The third kappa shape index (κ3) is 8.05. The fraction of sp³-hybridized carbons (Fsp3) is 0.455. The van der Waals surface area contributed by atoms with Gasteiger partial charge in [0, 0.05) is 12.8 Å². The van der Waals surface area contributed by atoms with Gasteiger partial charge in [0.2, 0.25) is 0 Å². The molecule has 6 nitrogen and oxygen atoms in total. The van der Waals surface area contributed by atoms with Crippen molar-refractivity contribution in [3.8, 4) is 5.75 Å². The van der Waals surface area contributed by atoms with Crippen LogP contribution in [0.1, 0.15) is 42.4 Å². The molecule has 0 aromatic heterocycles. The largest absolute Gasteiger partial charge is 0.497 e. The standard InChI is InChI=1S/C33H39IO6/c1-35-28-16-14-27(15-17-28)21-36-23-29-13-8-18-33(39-29)32(34)31(38-22-26-11-6-3-7-12-26)19-30(40-33)24-37-20-25-9-4-2-5-10-25/h2-7,9-12,14-17,29-32H,8,13,18-24H2,1H3/t29-,30-,31+,32-,33-/m0/s1. The van der Waals surface area contributed by atoms with Crippen molar-refractivity contribution in [2.24, 2.45) is 0 Å². The molecule has 2 saturated heterocycles. The number of hydrogen-bond donors (Lipinski definition) is 0. The highest BCUT2D eigenvalue weighted by Gasteiger charge is 2.53. The average Bonchev–Trinajstić information content (AvgIpc) is 3.00. The molecule has 0 unspecified atom stereocenters. The zero-order valence-corrected chi connectivity index (χ0v) is 25.2. The first kappa shape index (κ1) is 29.5. The molecule has 0 radical (unpaired) electrons. The third-order valence-corrected chi connectivity index (χ3v) is 9.23. The maximum Gasteiger partial charge on any atom is 0.183 e. The molecule has 0 N–H and O–H groups in total. The molecule has 0 bridgehead atoms. The van der Waals surface area contributed by atoms with Crippen LogP contribution in [0.25, 0.3) is 0 Å². The Morgan fingerprint density at radius 1 is 0.750 bits per heavy atom. The number of benzene rings is 3. The maximum atomic E-state index is 6.77. The van der Waals surface area contributed by atoms with E-state index >= 15 is 0 Å². The number of hydrogen-bond acceptors (Lipinski definition) is 6. The van der Waals surface area contributed by atoms with E-state index in [1.54, 1.807) is 7.11 Å². The SMILES string of the molecule is COc1ccc(COC[C@@H]2CCC[C@@]3(O[C@H](COCc4ccccc4)C[C@@H](OCc4ccccc4)[C@@H]3I)O2)cc1. The molecule has 2 fully saturated rings. The van der Waals surface area contributed by atoms with Crippen molar-refractivity contribution in [1.82, 2.24) is 0 Å². The quantitative estimate of drug-likeness (QED) is 0.157. The Kier molecular flexibility index (Phi) is 10.9. The van der Waals surface area contributed by atoms with Crippen LogP contribution < -0.4 is 4.74 Å². The van der Waals surface area contributed by atoms with Crippen LogP contribution in [0.5, 0.6) is 5.75 Å². The summed E-state index contributed by atoms with van der Waals surface area (Å²) in [6.45, 7) is 2.66. The van der Waals surface area contributed by atoms with Crippen molar-refractivity contribution < 1.29 is 28.4 Å². The number of rotatable bonds is 12. The molecular formula is C33H39IO6. The summed E-state index contributed by atoms with van der Waals surface area (Å²) >= 11 is 2.49. The van der Waals surface area contributed by atoms with Gasteiger partial charge in [0.15, 0.2) is 5.79 Å². The Morgan fingerprint density at radius 2 is 1.32 bits per heavy atom. The van der Waals surface area contributed by atoms with E-state index in [1.807, 2.05) is 60.7 Å². The zero-order valence-electron chi connectivity index (χ0n) is 23.1. The second-order valence-electron chi connectivity index (χ2n) is 10.5. The summed E-state index contributed by atoms with van der Waals surface area (Å²) in [5.41, 5.74) is 3.43. The van der Waals surface area contributed by atoms with Gasteiger partial charge in [-0.1, -0.05) is 95.4 Å². The van der Waals surface area contributed by atoms with E-state index in [1.165, 1.54) is 0 Å². The van der Waals surface area contributed by atoms with Crippen LogP contribution in [0, 0.1) is 0 Å². The fourth-order valence-corrected chi connectivity index (χ4v) is 6.49. The van der Waals surface area contributed by atoms with Crippen LogP contribution in [0.4, 0.5) is 0 Å². The zero-order chi connectivity index (χ0) is 27.6. The molecular weight excluding hydrogens is 619 g/mol. The molecule has 2 heterocycles. The highest BCUT2D eigenvalue weighted by atomic mass is 127. The minimum Gasteiger partial charge on any atom is -0.497 e. The lowest BCUT2D eigenvalue weighted by Gasteiger charge is -2.51. The van der Waals surface area contributed by atoms with E-state index in [9.17, 15) is 0 Å². The Hall–Kier alpha value is -2.01. The van der Waals surface area contributed by atoms with Gasteiger partial charge in [0.05, 0.1) is 62.4 Å². The topological polar surface area (TPSA) is 55.4 Å². The van der Waals surface area contributed by atoms with Gasteiger partial charge in [-0.3, -0.25) is 0 Å². The van der Waals surface area contributed by atoms with Crippen molar-refractivity contribution in [3.63, 3.8) is 0 Å². The maximum absolute atomic E-state index is 6.77. The summed E-state index contributed by atoms with van der Waals surface area (Å²) in [7, 11) is 1.67. The monoisotopic (exact) mass is 658 g/mol. The van der Waals surface area contributed by atoms with Gasteiger partial charge in [0.1, 0.15) is 5.75 Å². The predicted molar refractivity (Wildman–Crippen MR) is 163 cm³/mol. The summed E-state index contributed by atoms with van der Waals surface area (Å²) in [6.07, 6.45) is 3.38. The second kappa shape index (κ2) is 14.8. The summed E-state index contributed by atoms with van der Waals surface area (Å²) in [5.74, 6) is 0.114. The molecule has 1 spiro atoms. The van der Waals surface area contributed by atoms with Crippen molar-refractivity contribution in [2.75, 3.05) is 20.3 Å². The molecule has 0 aliphatic carbocycles. The summed E-state index contributed by atoms with van der Waals surface area (Å²) in [6, 6.07) is 28.5. The minimum atomic E-state index is -0.729. The lowest BCUT2D eigenvalue weighted by atomic mass is 9.91. The smallest absolute Gasteiger partial charge is 0.183 e. The summed E-state index contributed by atoms with van der Waals surface area (Å²) < 4.78 is 37.6. The molecule has 5 atom stereocenters. The van der Waals surface area contributed by atoms with E-state index in [2.05, 4.69) is 46.9 Å². The number of alkyl halides is 1. The van der Waals surface area contributed by atoms with E-state index in [0.717, 1.165) is 48.1 Å². The summed E-state index contributed by atoms with van der Waals surface area (Å²) in [5, 5.41) is 0. The van der Waals surface area contributed by atoms with Crippen LogP contribution in [-0.4, -0.2) is 48.3 Å². The van der Waals surface area contributed by atoms with E-state index in [4.69, 9.17) is 28.4 Å². The molecule has 5 rings (SSSR count). The molecule has 2 aliphatic heterocycles. The highest BCUT2D eigenvalue weighted by molar-refractivity contribution is 14.1. The lowest BCUT2D eigenvalue weighted by molar-refractivity contribution is -0.331. The van der Waals surface area contributed by atoms with Gasteiger partial charge in [0.25, 0.3) is 0 Å². The van der Waals surface area contributed by atoms with Gasteiger partial charge in [-0.15, -0.1) is 0 Å². The molecule has 0 amide bonds. The van der Waals surface area contributed by atoms with Crippen molar-refractivity contribution >= 4 is 22.6 Å². The first-order chi connectivity index (χ1) is 19.6. The van der Waals surface area contributed by atoms with Crippen LogP contribution in [0.3, 0.4) is 0 Å². The molecule has 3 aromatic rings. The predicted octanol–water partition coefficient (Wildman–Crippen LogP) is 6.87. The number of methoxy groups -OCH3 is 1. The minimum absolute atomic E-state index is 0.0150. The summed E-state index contributed by atoms with van der Waals surface area (Å²) in [4.78, 5) is 0. The lowest BCUT2D eigenvalue weighted by Crippen LogP contribution is -2.61. The Labute approximate surface area is 251 Å². The average molecular weight is 659 g/mol. The van der Waals surface area contributed by atoms with E-state index < -0.39 is 5.79 Å². The Balaban J connectivity index is 1.21. The van der Waals surface area contributed by atoms with E-state index in [-0.39, 0.29) is 22.2 Å². The Bertz CT molecular complexity index is 1140. The molecule has 7 heteroatoms. The number of ether oxygens (including phenoxy) is 6. The van der Waals surface area contributed by atoms with Crippen molar-refractivity contribution in [2.45, 2.75) is 73.5 Å². The van der Waals surface area contributed by atoms with Crippen molar-refractivity contribution in [1.29, 1.82) is 0 Å².